The molecule has 0 fully saturated rings. The van der Waals surface area contributed by atoms with Gasteiger partial charge in [0, 0.05) is 29.5 Å². The molecule has 0 spiro atoms. The number of aryl methyl sites for hydroxylation is 2. The molecule has 2 heterocycles. The van der Waals surface area contributed by atoms with Gasteiger partial charge in [-0.05, 0) is 24.6 Å². The quantitative estimate of drug-likeness (QED) is 0.664. The summed E-state index contributed by atoms with van der Waals surface area (Å²) >= 11 is 3.40. The molecule has 0 atom stereocenters. The van der Waals surface area contributed by atoms with E-state index in [9.17, 15) is 9.59 Å². The molecule has 0 saturated carbocycles. The van der Waals surface area contributed by atoms with E-state index in [0.29, 0.717) is 12.4 Å². The first-order valence-corrected chi connectivity index (χ1v) is 8.50. The monoisotopic (exact) mass is 417 g/mol. The van der Waals surface area contributed by atoms with E-state index in [1.54, 1.807) is 17.8 Å². The van der Waals surface area contributed by atoms with Gasteiger partial charge in [0.15, 0.2) is 11.5 Å². The van der Waals surface area contributed by atoms with Crippen LogP contribution < -0.4 is 5.32 Å². The summed E-state index contributed by atoms with van der Waals surface area (Å²) in [6.07, 6.45) is 1.29. The van der Waals surface area contributed by atoms with Gasteiger partial charge in [-0.3, -0.25) is 14.2 Å². The van der Waals surface area contributed by atoms with Crippen LogP contribution in [0.5, 0.6) is 0 Å². The van der Waals surface area contributed by atoms with Crippen LogP contribution in [0.2, 0.25) is 0 Å². The highest BCUT2D eigenvalue weighted by atomic mass is 79.9. The van der Waals surface area contributed by atoms with Gasteiger partial charge in [-0.25, -0.2) is 4.79 Å². The van der Waals surface area contributed by atoms with Crippen LogP contribution in [0.1, 0.15) is 32.1 Å². The minimum atomic E-state index is -1.21. The Labute approximate surface area is 157 Å². The minimum absolute atomic E-state index is 0.153. The third-order valence-electron chi connectivity index (χ3n) is 3.74. The van der Waals surface area contributed by atoms with Gasteiger partial charge in [-0.2, -0.15) is 10.2 Å². The van der Waals surface area contributed by atoms with Crippen molar-refractivity contribution in [3.05, 3.63) is 63.5 Å². The second kappa shape index (κ2) is 7.12. The van der Waals surface area contributed by atoms with E-state index >= 15 is 0 Å². The van der Waals surface area contributed by atoms with Gasteiger partial charge in [-0.1, -0.05) is 28.1 Å². The maximum atomic E-state index is 12.4. The first-order chi connectivity index (χ1) is 12.3. The Hall–Kier alpha value is -2.94. The number of aromatic nitrogens is 4. The predicted molar refractivity (Wildman–Crippen MR) is 98.3 cm³/mol. The van der Waals surface area contributed by atoms with E-state index in [2.05, 4.69) is 31.4 Å². The van der Waals surface area contributed by atoms with Crippen molar-refractivity contribution in [3.8, 4) is 0 Å². The summed E-state index contributed by atoms with van der Waals surface area (Å²) in [6.45, 7) is 2.43. The van der Waals surface area contributed by atoms with Crippen LogP contribution in [0, 0.1) is 6.92 Å². The lowest BCUT2D eigenvalue weighted by Gasteiger charge is -2.04. The highest BCUT2D eigenvalue weighted by Crippen LogP contribution is 2.15. The average molecular weight is 418 g/mol. The molecule has 0 bridgehead atoms. The number of halogens is 1. The van der Waals surface area contributed by atoms with Gasteiger partial charge < -0.3 is 10.4 Å². The van der Waals surface area contributed by atoms with Gasteiger partial charge in [-0.15, -0.1) is 0 Å². The second-order valence-electron chi connectivity index (χ2n) is 5.78. The first-order valence-electron chi connectivity index (χ1n) is 7.70. The third kappa shape index (κ3) is 3.83. The maximum Gasteiger partial charge on any atom is 0.339 e. The summed E-state index contributed by atoms with van der Waals surface area (Å²) < 4.78 is 4.04. The molecule has 0 unspecified atom stereocenters. The number of nitrogens with one attached hydrogen (secondary N) is 1. The normalized spacial score (nSPS) is 10.7. The number of anilines is 1. The lowest BCUT2D eigenvalue weighted by atomic mass is 10.2. The number of carboxylic acid groups (broad SMARTS) is 1. The number of carbonyl (C=O) groups excluding carboxylic acids is 1. The van der Waals surface area contributed by atoms with Crippen LogP contribution >= 0.6 is 15.9 Å². The summed E-state index contributed by atoms with van der Waals surface area (Å²) in [7, 11) is 1.56. The van der Waals surface area contributed by atoms with Crippen LogP contribution in [0.25, 0.3) is 0 Å². The summed E-state index contributed by atoms with van der Waals surface area (Å²) in [5, 5.41) is 20.1. The molecule has 9 heteroatoms. The van der Waals surface area contributed by atoms with Crippen LogP contribution in [-0.4, -0.2) is 36.5 Å². The Bertz CT molecular complexity index is 975. The Kier molecular flexibility index (Phi) is 4.90. The molecule has 3 aromatic rings. The van der Waals surface area contributed by atoms with Crippen molar-refractivity contribution < 1.29 is 14.7 Å². The summed E-state index contributed by atoms with van der Waals surface area (Å²) in [5.41, 5.74) is 1.62. The van der Waals surface area contributed by atoms with Crippen LogP contribution in [0.3, 0.4) is 0 Å². The molecule has 26 heavy (non-hydrogen) atoms. The zero-order chi connectivity index (χ0) is 18.8. The van der Waals surface area contributed by atoms with Crippen molar-refractivity contribution in [2.45, 2.75) is 13.5 Å². The molecule has 0 saturated heterocycles. The molecule has 8 nitrogen and oxygen atoms in total. The van der Waals surface area contributed by atoms with Crippen LogP contribution in [0.4, 0.5) is 5.82 Å². The number of carboxylic acids is 1. The number of rotatable bonds is 5. The van der Waals surface area contributed by atoms with Gasteiger partial charge in [0.05, 0.1) is 6.54 Å². The molecule has 1 aromatic carbocycles. The number of amides is 1. The molecular formula is C17H16BrN5O3. The van der Waals surface area contributed by atoms with E-state index in [1.165, 1.54) is 10.9 Å². The molecular weight excluding hydrogens is 402 g/mol. The Morgan fingerprint density at radius 1 is 1.23 bits per heavy atom. The number of nitrogens with zero attached hydrogens (tertiary/aromatic N) is 4. The summed E-state index contributed by atoms with van der Waals surface area (Å²) in [4.78, 5) is 23.6. The molecule has 0 aliphatic heterocycles. The molecule has 3 rings (SSSR count). The van der Waals surface area contributed by atoms with Gasteiger partial charge in [0.2, 0.25) is 0 Å². The average Bonchev–Trinajstić information content (AvgIpc) is 3.13. The molecule has 2 N–H and O–H groups in total. The van der Waals surface area contributed by atoms with Gasteiger partial charge in [0.25, 0.3) is 5.91 Å². The Balaban J connectivity index is 1.78. The van der Waals surface area contributed by atoms with E-state index in [-0.39, 0.29) is 11.3 Å². The largest absolute Gasteiger partial charge is 0.478 e. The molecule has 0 aliphatic carbocycles. The smallest absolute Gasteiger partial charge is 0.339 e. The minimum Gasteiger partial charge on any atom is -0.478 e. The fraction of sp³-hybridized carbons (Fsp3) is 0.176. The van der Waals surface area contributed by atoms with E-state index < -0.39 is 11.9 Å². The fourth-order valence-electron chi connectivity index (χ4n) is 2.48. The molecule has 0 aliphatic rings. The van der Waals surface area contributed by atoms with Gasteiger partial charge >= 0.3 is 5.97 Å². The van der Waals surface area contributed by atoms with Crippen molar-refractivity contribution >= 4 is 33.6 Å². The standard InChI is InChI=1S/C17H16BrN5O3/c1-10-7-14(20-23(10)8-11-3-5-12(18)6-4-11)19-16(24)15-13(17(25)26)9-22(2)21-15/h3-7,9H,8H2,1-2H3,(H,25,26)(H,19,20,24). The lowest BCUT2D eigenvalue weighted by molar-refractivity contribution is 0.0692. The van der Waals surface area contributed by atoms with Crippen molar-refractivity contribution in [1.82, 2.24) is 19.6 Å². The zero-order valence-electron chi connectivity index (χ0n) is 14.1. The first kappa shape index (κ1) is 17.9. The van der Waals surface area contributed by atoms with E-state index in [1.807, 2.05) is 31.2 Å². The molecule has 2 aromatic heterocycles. The van der Waals surface area contributed by atoms with Crippen molar-refractivity contribution in [2.75, 3.05) is 5.32 Å². The topological polar surface area (TPSA) is 102 Å². The highest BCUT2D eigenvalue weighted by Gasteiger charge is 2.22. The number of hydrogen-bond donors (Lipinski definition) is 2. The zero-order valence-corrected chi connectivity index (χ0v) is 15.7. The highest BCUT2D eigenvalue weighted by molar-refractivity contribution is 9.10. The predicted octanol–water partition coefficient (Wildman–Crippen LogP) is 2.69. The van der Waals surface area contributed by atoms with Crippen LogP contribution in [-0.2, 0) is 13.6 Å². The second-order valence-corrected chi connectivity index (χ2v) is 6.70. The summed E-state index contributed by atoms with van der Waals surface area (Å²) in [6, 6.07) is 9.59. The van der Waals surface area contributed by atoms with Crippen LogP contribution in [0.15, 0.2) is 41.0 Å². The number of carbonyl (C=O) groups is 2. The Morgan fingerprint density at radius 3 is 2.58 bits per heavy atom. The lowest BCUT2D eigenvalue weighted by Crippen LogP contribution is -2.17. The van der Waals surface area contributed by atoms with Crippen molar-refractivity contribution in [2.24, 2.45) is 7.05 Å². The molecule has 134 valence electrons. The molecule has 1 amide bonds. The number of hydrogen-bond acceptors (Lipinski definition) is 4. The third-order valence-corrected chi connectivity index (χ3v) is 4.27. The van der Waals surface area contributed by atoms with Crippen molar-refractivity contribution in [3.63, 3.8) is 0 Å². The SMILES string of the molecule is Cc1cc(NC(=O)c2nn(C)cc2C(=O)O)nn1Cc1ccc(Br)cc1. The molecule has 0 radical (unpaired) electrons. The maximum absolute atomic E-state index is 12.4. The fourth-order valence-corrected chi connectivity index (χ4v) is 2.75. The Morgan fingerprint density at radius 2 is 1.92 bits per heavy atom. The number of benzene rings is 1. The van der Waals surface area contributed by atoms with Gasteiger partial charge in [0.1, 0.15) is 5.56 Å². The summed E-state index contributed by atoms with van der Waals surface area (Å²) in [5.74, 6) is -1.48. The van der Waals surface area contributed by atoms with E-state index in [0.717, 1.165) is 15.7 Å². The van der Waals surface area contributed by atoms with Crippen molar-refractivity contribution in [1.29, 1.82) is 0 Å². The number of aromatic carboxylic acids is 1. The van der Waals surface area contributed by atoms with E-state index in [4.69, 9.17) is 5.11 Å².